The summed E-state index contributed by atoms with van der Waals surface area (Å²) in [7, 11) is 0.100. The van der Waals surface area contributed by atoms with E-state index in [4.69, 9.17) is 14.2 Å². The van der Waals surface area contributed by atoms with Crippen LogP contribution >= 0.6 is 0 Å². The van der Waals surface area contributed by atoms with Crippen LogP contribution in [0.2, 0.25) is 18.1 Å². The van der Waals surface area contributed by atoms with Gasteiger partial charge in [0.15, 0.2) is 8.32 Å². The molecule has 0 aliphatic carbocycles. The van der Waals surface area contributed by atoms with Gasteiger partial charge in [-0.2, -0.15) is 0 Å². The van der Waals surface area contributed by atoms with Gasteiger partial charge >= 0.3 is 6.09 Å². The van der Waals surface area contributed by atoms with Crippen molar-refractivity contribution in [2.45, 2.75) is 102 Å². The van der Waals surface area contributed by atoms with E-state index in [-0.39, 0.29) is 17.3 Å². The number of benzene rings is 2. The second-order valence-electron chi connectivity index (χ2n) is 14.4. The zero-order chi connectivity index (χ0) is 30.0. The Bertz CT molecular complexity index is 1390. The van der Waals surface area contributed by atoms with Crippen LogP contribution in [0.15, 0.2) is 60.1 Å². The number of amides is 1. The minimum absolute atomic E-state index is 0.101. The smallest absolute Gasteiger partial charge is 0.416 e. The van der Waals surface area contributed by atoms with Gasteiger partial charge in [-0.3, -0.25) is 9.89 Å². The van der Waals surface area contributed by atoms with Crippen LogP contribution in [0.1, 0.15) is 71.1 Å². The number of hydrogen-bond acceptors (Lipinski definition) is 5. The Balaban J connectivity index is 1.79. The molecule has 7 heteroatoms. The van der Waals surface area contributed by atoms with Gasteiger partial charge in [0.25, 0.3) is 0 Å². The number of aliphatic imine (C=N–C) groups is 1. The highest BCUT2D eigenvalue weighted by Gasteiger charge is 2.69. The molecule has 0 saturated carbocycles. The number of ether oxygens (including phenoxy) is 1. The number of anilines is 2. The summed E-state index contributed by atoms with van der Waals surface area (Å²) in [4.78, 5) is 23.3. The van der Waals surface area contributed by atoms with Crippen molar-refractivity contribution >= 4 is 32.0 Å². The van der Waals surface area contributed by atoms with Gasteiger partial charge in [0.1, 0.15) is 11.8 Å². The fraction of sp³-hybridized carbons (Fsp3) is 0.529. The van der Waals surface area contributed by atoms with Crippen molar-refractivity contribution in [3.8, 4) is 0 Å². The van der Waals surface area contributed by atoms with Crippen LogP contribution < -0.4 is 9.80 Å². The van der Waals surface area contributed by atoms with Crippen molar-refractivity contribution in [3.63, 3.8) is 0 Å². The lowest BCUT2D eigenvalue weighted by molar-refractivity contribution is 0.0521. The monoisotopic (exact) mass is 573 g/mol. The summed E-state index contributed by atoms with van der Waals surface area (Å²) >= 11 is 0. The Labute approximate surface area is 247 Å². The molecule has 0 bridgehead atoms. The van der Waals surface area contributed by atoms with E-state index < -0.39 is 24.7 Å². The van der Waals surface area contributed by atoms with Crippen molar-refractivity contribution in [1.82, 2.24) is 0 Å². The van der Waals surface area contributed by atoms with Crippen LogP contribution in [-0.2, 0) is 26.6 Å². The molecule has 6 nitrogen and oxygen atoms in total. The van der Waals surface area contributed by atoms with E-state index in [1.165, 1.54) is 11.1 Å². The first kappa shape index (κ1) is 29.6. The van der Waals surface area contributed by atoms with E-state index in [2.05, 4.69) is 95.0 Å². The molecule has 0 unspecified atom stereocenters. The molecular weight excluding hydrogens is 526 g/mol. The van der Waals surface area contributed by atoms with Crippen molar-refractivity contribution in [2.24, 2.45) is 4.99 Å². The van der Waals surface area contributed by atoms with Crippen molar-refractivity contribution < 1.29 is 14.0 Å². The summed E-state index contributed by atoms with van der Waals surface area (Å²) in [6, 6.07) is 14.8. The molecular formula is C34H47N3O3Si. The van der Waals surface area contributed by atoms with Gasteiger partial charge in [-0.05, 0) is 80.6 Å². The summed E-state index contributed by atoms with van der Waals surface area (Å²) in [5, 5.41) is 0.101. The van der Waals surface area contributed by atoms with E-state index in [0.29, 0.717) is 19.6 Å². The van der Waals surface area contributed by atoms with Gasteiger partial charge in [0.2, 0.25) is 0 Å². The molecule has 5 rings (SSSR count). The Morgan fingerprint density at radius 3 is 2.44 bits per heavy atom. The third kappa shape index (κ3) is 4.38. The largest absolute Gasteiger partial charge is 0.443 e. The fourth-order valence-corrected chi connectivity index (χ4v) is 8.02. The van der Waals surface area contributed by atoms with Crippen LogP contribution in [0.25, 0.3) is 0 Å². The van der Waals surface area contributed by atoms with Crippen LogP contribution in [0.4, 0.5) is 16.2 Å². The molecule has 0 fully saturated rings. The molecule has 0 saturated heterocycles. The topological polar surface area (TPSA) is 54.4 Å². The second-order valence-corrected chi connectivity index (χ2v) is 19.2. The predicted octanol–water partition coefficient (Wildman–Crippen LogP) is 7.97. The second kappa shape index (κ2) is 9.84. The van der Waals surface area contributed by atoms with Gasteiger partial charge in [0, 0.05) is 30.9 Å². The quantitative estimate of drug-likeness (QED) is 0.269. The first-order valence-electron chi connectivity index (χ1n) is 14.8. The van der Waals surface area contributed by atoms with Crippen molar-refractivity contribution in [3.05, 3.63) is 71.8 Å². The van der Waals surface area contributed by atoms with E-state index >= 15 is 0 Å². The Hall–Kier alpha value is -2.90. The third-order valence-corrected chi connectivity index (χ3v) is 14.3. The van der Waals surface area contributed by atoms with Crippen LogP contribution in [0, 0.1) is 0 Å². The number of likely N-dealkylation sites (N-methyl/N-ethyl adjacent to an activating group) is 1. The van der Waals surface area contributed by atoms with E-state index in [1.54, 1.807) is 0 Å². The molecule has 3 heterocycles. The van der Waals surface area contributed by atoms with Gasteiger partial charge in [0.05, 0.1) is 17.7 Å². The molecule has 220 valence electrons. The first-order chi connectivity index (χ1) is 19.1. The van der Waals surface area contributed by atoms with Crippen molar-refractivity contribution in [2.75, 3.05) is 23.4 Å². The maximum Gasteiger partial charge on any atom is 0.416 e. The number of carbonyl (C=O) groups is 1. The molecule has 0 radical (unpaired) electrons. The zero-order valence-electron chi connectivity index (χ0n) is 26.4. The number of rotatable bonds is 5. The van der Waals surface area contributed by atoms with Gasteiger partial charge in [-0.25, -0.2) is 4.79 Å². The normalized spacial score (nSPS) is 25.2. The SMILES string of the molecule is C=CC[C@]12C=NCC[C@@]13c1c(CO[Si](C)(C)C(C)(C)C)cccc1N(C)[C@H]3N(C(=O)OC(C)(C)C)c1ccccc12. The fourth-order valence-electron chi connectivity index (χ4n) is 7.07. The average molecular weight is 574 g/mol. The summed E-state index contributed by atoms with van der Waals surface area (Å²) in [6.45, 7) is 22.7. The lowest BCUT2D eigenvalue weighted by Gasteiger charge is -2.59. The van der Waals surface area contributed by atoms with Gasteiger partial charge in [-0.1, -0.05) is 57.2 Å². The van der Waals surface area contributed by atoms with E-state index in [0.717, 1.165) is 23.4 Å². The molecule has 0 N–H and O–H groups in total. The van der Waals surface area contributed by atoms with E-state index in [1.807, 2.05) is 37.8 Å². The zero-order valence-corrected chi connectivity index (χ0v) is 27.4. The summed E-state index contributed by atoms with van der Waals surface area (Å²) < 4.78 is 13.0. The third-order valence-electron chi connectivity index (χ3n) is 9.85. The highest BCUT2D eigenvalue weighted by molar-refractivity contribution is 6.74. The molecule has 0 aromatic heterocycles. The molecule has 2 aromatic rings. The predicted molar refractivity (Wildman–Crippen MR) is 172 cm³/mol. The maximum atomic E-state index is 14.2. The van der Waals surface area contributed by atoms with E-state index in [9.17, 15) is 4.79 Å². The van der Waals surface area contributed by atoms with Crippen LogP contribution in [0.5, 0.6) is 0 Å². The lowest BCUT2D eigenvalue weighted by Crippen LogP contribution is -2.70. The maximum absolute atomic E-state index is 14.2. The number of nitrogens with zero attached hydrogens (tertiary/aromatic N) is 3. The Morgan fingerprint density at radius 2 is 1.78 bits per heavy atom. The van der Waals surface area contributed by atoms with Crippen LogP contribution in [-0.4, -0.2) is 46.0 Å². The summed E-state index contributed by atoms with van der Waals surface area (Å²) in [6.07, 6.45) is 5.06. The Kier molecular flexibility index (Phi) is 7.10. The van der Waals surface area contributed by atoms with Gasteiger partial charge < -0.3 is 14.1 Å². The van der Waals surface area contributed by atoms with Crippen molar-refractivity contribution in [1.29, 1.82) is 0 Å². The van der Waals surface area contributed by atoms with Gasteiger partial charge in [-0.15, -0.1) is 6.58 Å². The number of hydrogen-bond donors (Lipinski definition) is 0. The molecule has 3 aliphatic rings. The number of allylic oxidation sites excluding steroid dienone is 1. The summed E-state index contributed by atoms with van der Waals surface area (Å²) in [5.74, 6) is 0. The molecule has 3 aliphatic heterocycles. The summed E-state index contributed by atoms with van der Waals surface area (Å²) in [5.41, 5.74) is 3.95. The lowest BCUT2D eigenvalue weighted by atomic mass is 9.50. The number of fused-ring (bicyclic) bond motifs is 3. The number of carbonyl (C=O) groups excluding carboxylic acids is 1. The first-order valence-corrected chi connectivity index (χ1v) is 17.7. The molecule has 2 aromatic carbocycles. The highest BCUT2D eigenvalue weighted by Crippen LogP contribution is 2.65. The average Bonchev–Trinajstić information content (AvgIpc) is 3.13. The Morgan fingerprint density at radius 1 is 1.10 bits per heavy atom. The standard InChI is InChI=1S/C34H47N3O3Si/c1-11-19-33-23-35-21-20-34(33)28-24(22-39-41(9,10)32(5,6)7)15-14-18-27(28)36(8)29(34)37(30(38)40-31(2,3)4)26-17-13-12-16-25(26)33/h11-18,23,29H,1,19-22H2,2-10H3/t29-,33+,34-/m0/s1. The molecule has 3 atom stereocenters. The minimum Gasteiger partial charge on any atom is -0.443 e. The highest BCUT2D eigenvalue weighted by atomic mass is 28.4. The molecule has 1 amide bonds. The number of para-hydroxylation sites is 1. The van der Waals surface area contributed by atoms with Crippen LogP contribution in [0.3, 0.4) is 0 Å². The molecule has 1 spiro atoms. The minimum atomic E-state index is -2.02. The molecule has 41 heavy (non-hydrogen) atoms.